The van der Waals surface area contributed by atoms with Crippen molar-refractivity contribution >= 4 is 23.3 Å². The Morgan fingerprint density at radius 1 is 1.35 bits per heavy atom. The van der Waals surface area contributed by atoms with Crippen molar-refractivity contribution in [2.75, 3.05) is 4.90 Å². The third kappa shape index (κ3) is 1.86. The summed E-state index contributed by atoms with van der Waals surface area (Å²) in [5.74, 6) is -0.529. The second-order valence-corrected chi connectivity index (χ2v) is 4.05. The maximum absolute atomic E-state index is 11.6. The number of nitrogens with zero attached hydrogens (tertiary/aromatic N) is 1. The first-order valence-corrected chi connectivity index (χ1v) is 5.54. The average Bonchev–Trinajstić information content (AvgIpc) is 2.62. The van der Waals surface area contributed by atoms with E-state index in [4.69, 9.17) is 0 Å². The Morgan fingerprint density at radius 3 is 2.65 bits per heavy atom. The van der Waals surface area contributed by atoms with Gasteiger partial charge >= 0.3 is 0 Å². The summed E-state index contributed by atoms with van der Waals surface area (Å²) in [6.07, 6.45) is 0.641. The molecule has 0 bridgehead atoms. The van der Waals surface area contributed by atoms with Crippen molar-refractivity contribution in [1.29, 1.82) is 0 Å². The lowest BCUT2D eigenvalue weighted by Gasteiger charge is -2.13. The van der Waals surface area contributed by atoms with Crippen molar-refractivity contribution in [2.24, 2.45) is 0 Å². The first kappa shape index (κ1) is 11.5. The number of hydrogen-bond acceptors (Lipinski definition) is 3. The molecule has 1 aromatic rings. The minimum atomic E-state index is -0.310. The van der Waals surface area contributed by atoms with E-state index in [1.54, 1.807) is 25.1 Å². The Kier molecular flexibility index (Phi) is 2.79. The van der Waals surface area contributed by atoms with Gasteiger partial charge in [-0.2, -0.15) is 0 Å². The van der Waals surface area contributed by atoms with E-state index in [9.17, 15) is 14.4 Å². The van der Waals surface area contributed by atoms with Crippen molar-refractivity contribution in [3.63, 3.8) is 0 Å². The van der Waals surface area contributed by atoms with Gasteiger partial charge in [0.1, 0.15) is 0 Å². The zero-order valence-electron chi connectivity index (χ0n) is 9.82. The van der Waals surface area contributed by atoms with Crippen LogP contribution >= 0.6 is 0 Å². The van der Waals surface area contributed by atoms with Gasteiger partial charge in [0, 0.05) is 18.9 Å². The fourth-order valence-corrected chi connectivity index (χ4v) is 2.02. The van der Waals surface area contributed by atoms with Crippen molar-refractivity contribution in [2.45, 2.75) is 26.7 Å². The van der Waals surface area contributed by atoms with E-state index in [0.29, 0.717) is 17.7 Å². The third-order valence-corrected chi connectivity index (χ3v) is 2.88. The Hall–Kier alpha value is -1.97. The molecule has 2 amide bonds. The highest BCUT2D eigenvalue weighted by atomic mass is 16.2. The van der Waals surface area contributed by atoms with Crippen LogP contribution in [0.25, 0.3) is 0 Å². The van der Waals surface area contributed by atoms with Crippen LogP contribution in [0.4, 0.5) is 5.69 Å². The smallest absolute Gasteiger partial charge is 0.238 e. The summed E-state index contributed by atoms with van der Waals surface area (Å²) in [7, 11) is 0. The molecule has 0 saturated carbocycles. The van der Waals surface area contributed by atoms with Gasteiger partial charge in [-0.15, -0.1) is 0 Å². The molecule has 4 nitrogen and oxygen atoms in total. The van der Waals surface area contributed by atoms with Crippen LogP contribution in [0.5, 0.6) is 0 Å². The number of carbonyl (C=O) groups excluding carboxylic acids is 3. The predicted octanol–water partition coefficient (Wildman–Crippen LogP) is 1.71. The normalized spacial score (nSPS) is 13.8. The lowest BCUT2D eigenvalue weighted by Crippen LogP contribution is -2.31. The van der Waals surface area contributed by atoms with Gasteiger partial charge in [0.05, 0.1) is 12.1 Å². The standard InChI is InChI=1S/C13H13NO3/c1-3-12(16)10-5-4-9-7-13(17)14(8(2)15)11(9)6-10/h4-6H,3,7H2,1-2H3. The summed E-state index contributed by atoms with van der Waals surface area (Å²) in [6, 6.07) is 5.09. The molecular formula is C13H13NO3. The van der Waals surface area contributed by atoms with Gasteiger partial charge < -0.3 is 0 Å². The lowest BCUT2D eigenvalue weighted by atomic mass is 10.0. The minimum Gasteiger partial charge on any atom is -0.294 e. The van der Waals surface area contributed by atoms with Crippen LogP contribution in [0.15, 0.2) is 18.2 Å². The van der Waals surface area contributed by atoms with E-state index < -0.39 is 0 Å². The molecule has 2 rings (SSSR count). The summed E-state index contributed by atoms with van der Waals surface area (Å²) in [5.41, 5.74) is 1.91. The van der Waals surface area contributed by atoms with Crippen LogP contribution in [0.3, 0.4) is 0 Å². The quantitative estimate of drug-likeness (QED) is 0.728. The summed E-state index contributed by atoms with van der Waals surface area (Å²) in [4.78, 5) is 35.8. The molecule has 0 aromatic heterocycles. The SMILES string of the molecule is CCC(=O)c1ccc2c(c1)N(C(C)=O)C(=O)C2. The Labute approximate surface area is 99.2 Å². The molecule has 17 heavy (non-hydrogen) atoms. The molecule has 0 radical (unpaired) electrons. The van der Waals surface area contributed by atoms with Gasteiger partial charge in [-0.3, -0.25) is 19.3 Å². The molecule has 1 aliphatic heterocycles. The third-order valence-electron chi connectivity index (χ3n) is 2.88. The molecule has 1 heterocycles. The molecule has 0 fully saturated rings. The maximum atomic E-state index is 11.6. The maximum Gasteiger partial charge on any atom is 0.238 e. The summed E-state index contributed by atoms with van der Waals surface area (Å²) in [6.45, 7) is 3.13. The predicted molar refractivity (Wildman–Crippen MR) is 62.9 cm³/mol. The molecule has 1 aliphatic rings. The Balaban J connectivity index is 2.49. The van der Waals surface area contributed by atoms with E-state index in [0.717, 1.165) is 10.5 Å². The fraction of sp³-hybridized carbons (Fsp3) is 0.308. The van der Waals surface area contributed by atoms with E-state index in [2.05, 4.69) is 0 Å². The van der Waals surface area contributed by atoms with Gasteiger partial charge in [0.2, 0.25) is 11.8 Å². The number of Topliss-reactive ketones (excluding diaryl/α,β-unsaturated/α-hetero) is 1. The van der Waals surface area contributed by atoms with Crippen LogP contribution in [0.2, 0.25) is 0 Å². The molecule has 1 aromatic carbocycles. The number of hydrogen-bond donors (Lipinski definition) is 0. The second kappa shape index (κ2) is 4.13. The molecular weight excluding hydrogens is 218 g/mol. The Morgan fingerprint density at radius 2 is 2.06 bits per heavy atom. The molecule has 4 heteroatoms. The first-order valence-electron chi connectivity index (χ1n) is 5.54. The van der Waals surface area contributed by atoms with Gasteiger partial charge in [-0.25, -0.2) is 0 Å². The number of rotatable bonds is 2. The van der Waals surface area contributed by atoms with Crippen molar-refractivity contribution in [3.05, 3.63) is 29.3 Å². The number of anilines is 1. The lowest BCUT2D eigenvalue weighted by molar-refractivity contribution is -0.124. The van der Waals surface area contributed by atoms with Gasteiger partial charge in [0.15, 0.2) is 5.78 Å². The van der Waals surface area contributed by atoms with E-state index in [1.807, 2.05) is 0 Å². The summed E-state index contributed by atoms with van der Waals surface area (Å²) < 4.78 is 0. The highest BCUT2D eigenvalue weighted by molar-refractivity contribution is 6.19. The van der Waals surface area contributed by atoms with Crippen LogP contribution in [-0.4, -0.2) is 17.6 Å². The molecule has 0 atom stereocenters. The van der Waals surface area contributed by atoms with Crippen molar-refractivity contribution < 1.29 is 14.4 Å². The molecule has 0 aliphatic carbocycles. The number of amides is 2. The Bertz CT molecular complexity index is 519. The van der Waals surface area contributed by atoms with E-state index >= 15 is 0 Å². The molecule has 0 unspecified atom stereocenters. The van der Waals surface area contributed by atoms with E-state index in [1.165, 1.54) is 6.92 Å². The number of benzene rings is 1. The molecule has 0 spiro atoms. The van der Waals surface area contributed by atoms with Crippen LogP contribution < -0.4 is 4.90 Å². The molecule has 0 saturated heterocycles. The zero-order valence-corrected chi connectivity index (χ0v) is 9.82. The van der Waals surface area contributed by atoms with E-state index in [-0.39, 0.29) is 24.0 Å². The highest BCUT2D eigenvalue weighted by Gasteiger charge is 2.30. The number of fused-ring (bicyclic) bond motifs is 1. The first-order chi connectivity index (χ1) is 8.04. The summed E-state index contributed by atoms with van der Waals surface area (Å²) >= 11 is 0. The fourth-order valence-electron chi connectivity index (χ4n) is 2.02. The largest absolute Gasteiger partial charge is 0.294 e. The highest BCUT2D eigenvalue weighted by Crippen LogP contribution is 2.30. The molecule has 0 N–H and O–H groups in total. The number of imide groups is 1. The van der Waals surface area contributed by atoms with Crippen molar-refractivity contribution in [1.82, 2.24) is 0 Å². The number of carbonyl (C=O) groups is 3. The summed E-state index contributed by atoms with van der Waals surface area (Å²) in [5, 5.41) is 0. The second-order valence-electron chi connectivity index (χ2n) is 4.05. The monoisotopic (exact) mass is 231 g/mol. The van der Waals surface area contributed by atoms with Gasteiger partial charge in [0.25, 0.3) is 0 Å². The minimum absolute atomic E-state index is 0.00986. The topological polar surface area (TPSA) is 54.5 Å². The van der Waals surface area contributed by atoms with Gasteiger partial charge in [-0.1, -0.05) is 19.1 Å². The number of ketones is 1. The van der Waals surface area contributed by atoms with Crippen LogP contribution in [0, 0.1) is 0 Å². The van der Waals surface area contributed by atoms with Gasteiger partial charge in [-0.05, 0) is 11.6 Å². The van der Waals surface area contributed by atoms with Crippen LogP contribution in [0.1, 0.15) is 36.2 Å². The van der Waals surface area contributed by atoms with Crippen LogP contribution in [-0.2, 0) is 16.0 Å². The van der Waals surface area contributed by atoms with Crippen molar-refractivity contribution in [3.8, 4) is 0 Å². The molecule has 88 valence electrons. The average molecular weight is 231 g/mol. The zero-order chi connectivity index (χ0) is 12.6.